The highest BCUT2D eigenvalue weighted by Crippen LogP contribution is 2.27. The molecule has 13 heavy (non-hydrogen) atoms. The summed E-state index contributed by atoms with van der Waals surface area (Å²) in [7, 11) is 0. The van der Waals surface area contributed by atoms with E-state index in [0.717, 1.165) is 0 Å². The molecule has 0 amide bonds. The number of rotatable bonds is 2. The molecule has 0 heterocycles. The fraction of sp³-hybridized carbons (Fsp3) is 0.0909. The van der Waals surface area contributed by atoms with Gasteiger partial charge in [0.1, 0.15) is 11.5 Å². The third-order valence-electron chi connectivity index (χ3n) is 1.79. The molecule has 0 spiro atoms. The first-order valence-corrected chi connectivity index (χ1v) is 3.99. The van der Waals surface area contributed by atoms with Crippen molar-refractivity contribution in [3.63, 3.8) is 0 Å². The molecule has 0 atom stereocenters. The lowest BCUT2D eigenvalue weighted by atomic mass is 10.0. The summed E-state index contributed by atoms with van der Waals surface area (Å²) in [4.78, 5) is 0. The summed E-state index contributed by atoms with van der Waals surface area (Å²) in [6, 6.07) is 6.82. The zero-order valence-electron chi connectivity index (χ0n) is 7.49. The maximum absolute atomic E-state index is 9.47. The zero-order chi connectivity index (χ0) is 9.84. The molecule has 0 aliphatic heterocycles. The SMILES string of the molecule is C=C(O)/C(=C\C)c1ccccc1O. The number of aliphatic hydroxyl groups excluding tert-OH is 1. The first-order valence-electron chi connectivity index (χ1n) is 3.99. The summed E-state index contributed by atoms with van der Waals surface area (Å²) >= 11 is 0. The van der Waals surface area contributed by atoms with Crippen molar-refractivity contribution in [3.05, 3.63) is 48.2 Å². The van der Waals surface area contributed by atoms with Crippen LogP contribution < -0.4 is 0 Å². The molecule has 1 aromatic rings. The van der Waals surface area contributed by atoms with Crippen molar-refractivity contribution >= 4 is 5.57 Å². The molecular weight excluding hydrogens is 164 g/mol. The van der Waals surface area contributed by atoms with Gasteiger partial charge in [0.25, 0.3) is 0 Å². The average molecular weight is 176 g/mol. The number of hydrogen-bond acceptors (Lipinski definition) is 2. The van der Waals surface area contributed by atoms with Crippen LogP contribution in [0, 0.1) is 0 Å². The average Bonchev–Trinajstić information content (AvgIpc) is 2.09. The van der Waals surface area contributed by atoms with Gasteiger partial charge in [0.05, 0.1) is 0 Å². The lowest BCUT2D eigenvalue weighted by Gasteiger charge is -2.06. The van der Waals surface area contributed by atoms with Gasteiger partial charge in [0, 0.05) is 11.1 Å². The molecule has 1 rings (SSSR count). The molecule has 0 radical (unpaired) electrons. The minimum Gasteiger partial charge on any atom is -0.508 e. The Bertz CT molecular complexity index is 351. The summed E-state index contributed by atoms with van der Waals surface area (Å²) in [5, 5.41) is 18.7. The maximum atomic E-state index is 9.47. The van der Waals surface area contributed by atoms with E-state index < -0.39 is 0 Å². The van der Waals surface area contributed by atoms with Gasteiger partial charge in [0.15, 0.2) is 0 Å². The third kappa shape index (κ3) is 1.90. The number of para-hydroxylation sites is 1. The van der Waals surface area contributed by atoms with Crippen molar-refractivity contribution in [2.45, 2.75) is 6.92 Å². The second kappa shape index (κ2) is 3.81. The summed E-state index contributed by atoms with van der Waals surface area (Å²) in [5.74, 6) is 0.106. The van der Waals surface area contributed by atoms with Gasteiger partial charge in [-0.15, -0.1) is 0 Å². The molecule has 0 saturated heterocycles. The van der Waals surface area contributed by atoms with E-state index in [1.807, 2.05) is 0 Å². The molecule has 2 N–H and O–H groups in total. The number of phenolic OH excluding ortho intramolecular Hbond substituents is 1. The van der Waals surface area contributed by atoms with E-state index in [-0.39, 0.29) is 11.5 Å². The van der Waals surface area contributed by atoms with Crippen molar-refractivity contribution in [2.75, 3.05) is 0 Å². The van der Waals surface area contributed by atoms with Crippen LogP contribution in [0.5, 0.6) is 5.75 Å². The van der Waals surface area contributed by atoms with E-state index in [1.54, 1.807) is 37.3 Å². The third-order valence-corrected chi connectivity index (χ3v) is 1.79. The van der Waals surface area contributed by atoms with Crippen LogP contribution in [0.2, 0.25) is 0 Å². The molecule has 2 heteroatoms. The number of benzene rings is 1. The van der Waals surface area contributed by atoms with E-state index in [9.17, 15) is 10.2 Å². The molecule has 0 aromatic heterocycles. The van der Waals surface area contributed by atoms with Crippen LogP contribution in [-0.4, -0.2) is 10.2 Å². The van der Waals surface area contributed by atoms with E-state index in [1.165, 1.54) is 0 Å². The van der Waals surface area contributed by atoms with E-state index in [4.69, 9.17) is 0 Å². The normalized spacial score (nSPS) is 11.3. The molecule has 68 valence electrons. The predicted octanol–water partition coefficient (Wildman–Crippen LogP) is 2.87. The Kier molecular flexibility index (Phi) is 2.75. The van der Waals surface area contributed by atoms with Gasteiger partial charge < -0.3 is 10.2 Å². The molecule has 2 nitrogen and oxygen atoms in total. The molecule has 0 unspecified atom stereocenters. The zero-order valence-corrected chi connectivity index (χ0v) is 7.49. The lowest BCUT2D eigenvalue weighted by molar-refractivity contribution is 0.437. The summed E-state index contributed by atoms with van der Waals surface area (Å²) in [5.41, 5.74) is 1.15. The monoisotopic (exact) mass is 176 g/mol. The Balaban J connectivity index is 3.21. The van der Waals surface area contributed by atoms with E-state index in [0.29, 0.717) is 11.1 Å². The quantitative estimate of drug-likeness (QED) is 0.537. The second-order valence-electron chi connectivity index (χ2n) is 2.67. The molecule has 1 aromatic carbocycles. The smallest absolute Gasteiger partial charge is 0.123 e. The Morgan fingerprint density at radius 1 is 1.38 bits per heavy atom. The van der Waals surface area contributed by atoms with Gasteiger partial charge in [-0.1, -0.05) is 30.9 Å². The van der Waals surface area contributed by atoms with E-state index in [2.05, 4.69) is 6.58 Å². The molecule has 0 saturated carbocycles. The number of hydrogen-bond donors (Lipinski definition) is 2. The van der Waals surface area contributed by atoms with Crippen LogP contribution >= 0.6 is 0 Å². The number of aliphatic hydroxyl groups is 1. The Hall–Kier alpha value is -1.70. The molecule has 0 aliphatic carbocycles. The Morgan fingerprint density at radius 3 is 2.46 bits per heavy atom. The summed E-state index contributed by atoms with van der Waals surface area (Å²) in [6.07, 6.45) is 1.71. The summed E-state index contributed by atoms with van der Waals surface area (Å²) in [6.45, 7) is 5.20. The van der Waals surface area contributed by atoms with Gasteiger partial charge in [-0.05, 0) is 13.0 Å². The highest BCUT2D eigenvalue weighted by molar-refractivity contribution is 5.79. The van der Waals surface area contributed by atoms with Crippen LogP contribution in [-0.2, 0) is 0 Å². The largest absolute Gasteiger partial charge is 0.508 e. The number of phenols is 1. The fourth-order valence-electron chi connectivity index (χ4n) is 1.18. The summed E-state index contributed by atoms with van der Waals surface area (Å²) < 4.78 is 0. The van der Waals surface area contributed by atoms with Gasteiger partial charge in [-0.25, -0.2) is 0 Å². The maximum Gasteiger partial charge on any atom is 0.123 e. The molecule has 0 bridgehead atoms. The van der Waals surface area contributed by atoms with Crippen molar-refractivity contribution in [1.82, 2.24) is 0 Å². The highest BCUT2D eigenvalue weighted by Gasteiger charge is 2.07. The minimum absolute atomic E-state index is 0.0380. The van der Waals surface area contributed by atoms with Gasteiger partial charge in [-0.2, -0.15) is 0 Å². The first kappa shape index (κ1) is 9.39. The second-order valence-corrected chi connectivity index (χ2v) is 2.67. The Labute approximate surface area is 77.5 Å². The topological polar surface area (TPSA) is 40.5 Å². The standard InChI is InChI=1S/C11H12O2/c1-3-9(8(2)12)10-6-4-5-7-11(10)13/h3-7,12-13H,2H2,1H3/b9-3+. The van der Waals surface area contributed by atoms with E-state index >= 15 is 0 Å². The van der Waals surface area contributed by atoms with Crippen LogP contribution in [0.3, 0.4) is 0 Å². The Morgan fingerprint density at radius 2 is 2.00 bits per heavy atom. The van der Waals surface area contributed by atoms with Gasteiger partial charge in [-0.3, -0.25) is 0 Å². The van der Waals surface area contributed by atoms with Gasteiger partial charge >= 0.3 is 0 Å². The van der Waals surface area contributed by atoms with Crippen LogP contribution in [0.1, 0.15) is 12.5 Å². The lowest BCUT2D eigenvalue weighted by Crippen LogP contribution is -1.87. The first-order chi connectivity index (χ1) is 6.16. The van der Waals surface area contributed by atoms with Crippen LogP contribution in [0.25, 0.3) is 5.57 Å². The van der Waals surface area contributed by atoms with Crippen LogP contribution in [0.15, 0.2) is 42.7 Å². The molecular formula is C11H12O2. The highest BCUT2D eigenvalue weighted by atomic mass is 16.3. The van der Waals surface area contributed by atoms with Crippen molar-refractivity contribution in [1.29, 1.82) is 0 Å². The van der Waals surface area contributed by atoms with Crippen molar-refractivity contribution < 1.29 is 10.2 Å². The predicted molar refractivity (Wildman–Crippen MR) is 53.5 cm³/mol. The minimum atomic E-state index is -0.0380. The number of allylic oxidation sites excluding steroid dienone is 2. The molecule has 0 fully saturated rings. The fourth-order valence-corrected chi connectivity index (χ4v) is 1.18. The van der Waals surface area contributed by atoms with Crippen molar-refractivity contribution in [3.8, 4) is 5.75 Å². The van der Waals surface area contributed by atoms with Gasteiger partial charge in [0.2, 0.25) is 0 Å². The number of aromatic hydroxyl groups is 1. The molecule has 0 aliphatic rings. The van der Waals surface area contributed by atoms with Crippen LogP contribution in [0.4, 0.5) is 0 Å². The van der Waals surface area contributed by atoms with Crippen molar-refractivity contribution in [2.24, 2.45) is 0 Å².